The smallest absolute Gasteiger partial charge is 0.225 e. The molecule has 2 unspecified atom stereocenters. The topological polar surface area (TPSA) is 54.0 Å². The van der Waals surface area contributed by atoms with E-state index in [1.54, 1.807) is 0 Å². The van der Waals surface area contributed by atoms with E-state index in [1.165, 1.54) is 25.0 Å². The number of pyridine rings is 1. The summed E-state index contributed by atoms with van der Waals surface area (Å²) in [6.07, 6.45) is 3.93. The van der Waals surface area contributed by atoms with Gasteiger partial charge in [-0.05, 0) is 49.9 Å². The lowest BCUT2D eigenvalue weighted by molar-refractivity contribution is -0.117. The van der Waals surface area contributed by atoms with Crippen molar-refractivity contribution in [2.24, 2.45) is 11.8 Å². The van der Waals surface area contributed by atoms with Crippen LogP contribution in [-0.4, -0.2) is 24.0 Å². The molecule has 0 saturated carbocycles. The minimum atomic E-state index is -0.403. The van der Waals surface area contributed by atoms with Gasteiger partial charge in [-0.1, -0.05) is 6.92 Å². The Kier molecular flexibility index (Phi) is 4.85. The van der Waals surface area contributed by atoms with Gasteiger partial charge in [0, 0.05) is 6.42 Å². The number of rotatable bonds is 4. The highest BCUT2D eigenvalue weighted by Gasteiger charge is 2.22. The number of nitrogens with zero attached hydrogens (tertiary/aromatic N) is 1. The van der Waals surface area contributed by atoms with Crippen molar-refractivity contribution < 1.29 is 9.18 Å². The summed E-state index contributed by atoms with van der Waals surface area (Å²) in [7, 11) is 0. The number of aromatic nitrogens is 1. The zero-order valence-corrected chi connectivity index (χ0v) is 11.2. The first kappa shape index (κ1) is 13.9. The molecule has 19 heavy (non-hydrogen) atoms. The van der Waals surface area contributed by atoms with Crippen LogP contribution in [-0.2, 0) is 4.79 Å². The second-order valence-electron chi connectivity index (χ2n) is 5.20. The van der Waals surface area contributed by atoms with E-state index in [4.69, 9.17) is 0 Å². The maximum absolute atomic E-state index is 12.7. The van der Waals surface area contributed by atoms with Gasteiger partial charge in [0.15, 0.2) is 0 Å². The highest BCUT2D eigenvalue weighted by molar-refractivity contribution is 5.89. The summed E-state index contributed by atoms with van der Waals surface area (Å²) in [5, 5.41) is 6.06. The summed E-state index contributed by atoms with van der Waals surface area (Å²) in [6, 6.07) is 2.76. The summed E-state index contributed by atoms with van der Waals surface area (Å²) in [4.78, 5) is 15.7. The lowest BCUT2D eigenvalue weighted by Crippen LogP contribution is -2.34. The van der Waals surface area contributed by atoms with Gasteiger partial charge in [0.1, 0.15) is 11.6 Å². The van der Waals surface area contributed by atoms with Crippen LogP contribution in [0.1, 0.15) is 26.2 Å². The van der Waals surface area contributed by atoms with Crippen molar-refractivity contribution in [3.8, 4) is 0 Å². The van der Waals surface area contributed by atoms with Crippen LogP contribution < -0.4 is 10.6 Å². The maximum Gasteiger partial charge on any atom is 0.225 e. The van der Waals surface area contributed by atoms with Gasteiger partial charge in [0.2, 0.25) is 5.91 Å². The third kappa shape index (κ3) is 4.28. The van der Waals surface area contributed by atoms with Crippen molar-refractivity contribution in [3.63, 3.8) is 0 Å². The van der Waals surface area contributed by atoms with Crippen LogP contribution >= 0.6 is 0 Å². The van der Waals surface area contributed by atoms with E-state index in [0.717, 1.165) is 19.3 Å². The number of halogens is 1. The lowest BCUT2D eigenvalue weighted by Gasteiger charge is -2.27. The molecule has 4 nitrogen and oxygen atoms in total. The lowest BCUT2D eigenvalue weighted by atomic mass is 9.85. The summed E-state index contributed by atoms with van der Waals surface area (Å²) in [5.74, 6) is 0.839. The number of piperidine rings is 1. The normalized spacial score (nSPS) is 20.8. The quantitative estimate of drug-likeness (QED) is 0.877. The average Bonchev–Trinajstić information content (AvgIpc) is 2.42. The van der Waals surface area contributed by atoms with Crippen molar-refractivity contribution in [2.75, 3.05) is 18.4 Å². The Morgan fingerprint density at radius 3 is 3.11 bits per heavy atom. The Morgan fingerprint density at radius 1 is 1.63 bits per heavy atom. The van der Waals surface area contributed by atoms with E-state index in [9.17, 15) is 9.18 Å². The minimum Gasteiger partial charge on any atom is -0.316 e. The van der Waals surface area contributed by atoms with E-state index in [1.807, 2.05) is 0 Å². The Hall–Kier alpha value is -1.49. The van der Waals surface area contributed by atoms with E-state index in [0.29, 0.717) is 24.1 Å². The van der Waals surface area contributed by atoms with Gasteiger partial charge in [-0.2, -0.15) is 0 Å². The molecule has 1 fully saturated rings. The molecule has 0 aliphatic carbocycles. The molecule has 2 heterocycles. The molecule has 0 radical (unpaired) electrons. The predicted octanol–water partition coefficient (Wildman–Crippen LogP) is 2.18. The predicted molar refractivity (Wildman–Crippen MR) is 72.2 cm³/mol. The SMILES string of the molecule is CC(CC(=O)Nc1ccc(F)cn1)C1CCCNC1. The molecule has 0 aromatic carbocycles. The molecule has 2 N–H and O–H groups in total. The van der Waals surface area contributed by atoms with Gasteiger partial charge in [0.05, 0.1) is 6.20 Å². The van der Waals surface area contributed by atoms with Crippen LogP contribution in [0.5, 0.6) is 0 Å². The molecule has 1 saturated heterocycles. The van der Waals surface area contributed by atoms with Crippen molar-refractivity contribution in [1.29, 1.82) is 0 Å². The number of hydrogen-bond acceptors (Lipinski definition) is 3. The molecule has 2 atom stereocenters. The van der Waals surface area contributed by atoms with Crippen molar-refractivity contribution in [2.45, 2.75) is 26.2 Å². The Bertz CT molecular complexity index is 415. The van der Waals surface area contributed by atoms with Gasteiger partial charge < -0.3 is 10.6 Å². The van der Waals surface area contributed by atoms with E-state index in [-0.39, 0.29) is 5.91 Å². The number of carbonyl (C=O) groups is 1. The third-order valence-electron chi connectivity index (χ3n) is 3.64. The molecule has 1 amide bonds. The molecule has 1 aliphatic rings. The molecule has 0 bridgehead atoms. The number of anilines is 1. The van der Waals surface area contributed by atoms with E-state index < -0.39 is 5.82 Å². The molecule has 1 aromatic heterocycles. The van der Waals surface area contributed by atoms with Gasteiger partial charge in [-0.25, -0.2) is 9.37 Å². The second kappa shape index (κ2) is 6.61. The Labute approximate surface area is 112 Å². The third-order valence-corrected chi connectivity index (χ3v) is 3.64. The zero-order chi connectivity index (χ0) is 13.7. The summed E-state index contributed by atoms with van der Waals surface area (Å²) in [5.41, 5.74) is 0. The zero-order valence-electron chi connectivity index (χ0n) is 11.2. The van der Waals surface area contributed by atoms with Crippen molar-refractivity contribution in [3.05, 3.63) is 24.1 Å². The molecule has 2 rings (SSSR count). The molecular weight excluding hydrogens is 245 g/mol. The largest absolute Gasteiger partial charge is 0.316 e. The number of carbonyl (C=O) groups excluding carboxylic acids is 1. The molecular formula is C14H20FN3O. The van der Waals surface area contributed by atoms with Crippen LogP contribution in [0, 0.1) is 17.7 Å². The monoisotopic (exact) mass is 265 g/mol. The first-order valence-electron chi connectivity index (χ1n) is 6.77. The highest BCUT2D eigenvalue weighted by Crippen LogP contribution is 2.22. The number of nitrogens with one attached hydrogen (secondary N) is 2. The molecule has 1 aliphatic heterocycles. The highest BCUT2D eigenvalue weighted by atomic mass is 19.1. The Morgan fingerprint density at radius 2 is 2.47 bits per heavy atom. The standard InChI is InChI=1S/C14H20FN3O/c1-10(11-3-2-6-16-8-11)7-14(19)18-13-5-4-12(15)9-17-13/h4-5,9-11,16H,2-3,6-8H2,1H3,(H,17,18,19). The van der Waals surface area contributed by atoms with Gasteiger partial charge in [0.25, 0.3) is 0 Å². The van der Waals surface area contributed by atoms with Crippen LogP contribution in [0.3, 0.4) is 0 Å². The van der Waals surface area contributed by atoms with Crippen LogP contribution in [0.15, 0.2) is 18.3 Å². The fourth-order valence-corrected chi connectivity index (χ4v) is 2.47. The average molecular weight is 265 g/mol. The molecule has 5 heteroatoms. The van der Waals surface area contributed by atoms with Gasteiger partial charge in [-0.15, -0.1) is 0 Å². The van der Waals surface area contributed by atoms with E-state index >= 15 is 0 Å². The Balaban J connectivity index is 1.81. The fraction of sp³-hybridized carbons (Fsp3) is 0.571. The number of amides is 1. The van der Waals surface area contributed by atoms with Crippen LogP contribution in [0.2, 0.25) is 0 Å². The molecule has 1 aromatic rings. The summed E-state index contributed by atoms with van der Waals surface area (Å²) in [6.45, 7) is 4.17. The van der Waals surface area contributed by atoms with E-state index in [2.05, 4.69) is 22.5 Å². The van der Waals surface area contributed by atoms with Crippen LogP contribution in [0.25, 0.3) is 0 Å². The number of hydrogen-bond donors (Lipinski definition) is 2. The molecule has 0 spiro atoms. The second-order valence-corrected chi connectivity index (χ2v) is 5.20. The van der Waals surface area contributed by atoms with Gasteiger partial charge in [-0.3, -0.25) is 4.79 Å². The van der Waals surface area contributed by atoms with Gasteiger partial charge >= 0.3 is 0 Å². The van der Waals surface area contributed by atoms with Crippen LogP contribution in [0.4, 0.5) is 10.2 Å². The minimum absolute atomic E-state index is 0.0582. The fourth-order valence-electron chi connectivity index (χ4n) is 2.47. The first-order chi connectivity index (χ1) is 9.15. The first-order valence-corrected chi connectivity index (χ1v) is 6.77. The molecule has 104 valence electrons. The summed E-state index contributed by atoms with van der Waals surface area (Å²) < 4.78 is 12.7. The van der Waals surface area contributed by atoms with Crippen molar-refractivity contribution >= 4 is 11.7 Å². The summed E-state index contributed by atoms with van der Waals surface area (Å²) >= 11 is 0. The maximum atomic E-state index is 12.7. The van der Waals surface area contributed by atoms with Crippen molar-refractivity contribution in [1.82, 2.24) is 10.3 Å².